The first-order valence-corrected chi connectivity index (χ1v) is 14.6. The molecule has 1 aromatic carbocycles. The predicted octanol–water partition coefficient (Wildman–Crippen LogP) is 3.71. The van der Waals surface area contributed by atoms with E-state index in [1.807, 2.05) is 24.1 Å². The van der Waals surface area contributed by atoms with Gasteiger partial charge >= 0.3 is 5.97 Å². The molecule has 0 unspecified atom stereocenters. The summed E-state index contributed by atoms with van der Waals surface area (Å²) in [6.07, 6.45) is 2.92. The number of fused-ring (bicyclic) bond motifs is 1. The highest BCUT2D eigenvalue weighted by atomic mass is 32.1. The van der Waals surface area contributed by atoms with Crippen molar-refractivity contribution in [3.8, 4) is 11.4 Å². The number of carbonyl (C=O) groups is 3. The van der Waals surface area contributed by atoms with Crippen LogP contribution in [0.2, 0.25) is 0 Å². The lowest BCUT2D eigenvalue weighted by molar-refractivity contribution is -0.115. The van der Waals surface area contributed by atoms with Crippen LogP contribution in [0.3, 0.4) is 0 Å². The van der Waals surface area contributed by atoms with E-state index in [1.165, 1.54) is 26.2 Å². The SMILES string of the molecule is CCOC(=O)c1cnc(N(C)Cc2cc3nc(-c4ccc(NC(C)=O)c(NC(C)=O)c4)nc(N4CCOCC4)c3s2)nc1. The number of benzene rings is 1. The van der Waals surface area contributed by atoms with Gasteiger partial charge in [-0.2, -0.15) is 0 Å². The molecule has 1 aliphatic rings. The molecule has 4 heterocycles. The molecule has 14 heteroatoms. The number of nitrogens with one attached hydrogen (secondary N) is 2. The van der Waals surface area contributed by atoms with Crippen molar-refractivity contribution in [2.45, 2.75) is 27.3 Å². The highest BCUT2D eigenvalue weighted by molar-refractivity contribution is 7.19. The molecule has 1 saturated heterocycles. The summed E-state index contributed by atoms with van der Waals surface area (Å²) >= 11 is 1.60. The first kappa shape index (κ1) is 29.8. The molecule has 1 fully saturated rings. The van der Waals surface area contributed by atoms with E-state index in [-0.39, 0.29) is 18.4 Å². The minimum absolute atomic E-state index is 0.247. The second kappa shape index (κ2) is 13.1. The van der Waals surface area contributed by atoms with Crippen LogP contribution in [0.25, 0.3) is 21.6 Å². The Morgan fingerprint density at radius 3 is 2.40 bits per heavy atom. The lowest BCUT2D eigenvalue weighted by Gasteiger charge is -2.28. The van der Waals surface area contributed by atoms with E-state index in [4.69, 9.17) is 19.4 Å². The molecule has 43 heavy (non-hydrogen) atoms. The van der Waals surface area contributed by atoms with Crippen LogP contribution in [0.4, 0.5) is 23.1 Å². The molecular weight excluding hydrogens is 572 g/mol. The number of ether oxygens (including phenoxy) is 2. The van der Waals surface area contributed by atoms with Gasteiger partial charge in [0.15, 0.2) is 11.6 Å². The average Bonchev–Trinajstić information content (AvgIpc) is 3.40. The van der Waals surface area contributed by atoms with E-state index < -0.39 is 5.97 Å². The van der Waals surface area contributed by atoms with Crippen LogP contribution in [0.5, 0.6) is 0 Å². The Labute approximate surface area is 252 Å². The van der Waals surface area contributed by atoms with Crippen LogP contribution in [-0.2, 0) is 25.6 Å². The van der Waals surface area contributed by atoms with Crippen molar-refractivity contribution in [2.24, 2.45) is 0 Å². The van der Waals surface area contributed by atoms with Crippen LogP contribution in [0, 0.1) is 0 Å². The Morgan fingerprint density at radius 2 is 1.72 bits per heavy atom. The Bertz CT molecular complexity index is 1650. The predicted molar refractivity (Wildman–Crippen MR) is 165 cm³/mol. The number of hydrogen-bond acceptors (Lipinski definition) is 12. The minimum Gasteiger partial charge on any atom is -0.462 e. The molecule has 3 aromatic heterocycles. The van der Waals surface area contributed by atoms with Gasteiger partial charge in [-0.15, -0.1) is 11.3 Å². The van der Waals surface area contributed by atoms with Crippen molar-refractivity contribution >= 4 is 62.5 Å². The molecule has 2 N–H and O–H groups in total. The summed E-state index contributed by atoms with van der Waals surface area (Å²) in [7, 11) is 1.88. The van der Waals surface area contributed by atoms with Crippen molar-refractivity contribution in [1.82, 2.24) is 19.9 Å². The molecule has 2 amide bonds. The van der Waals surface area contributed by atoms with E-state index in [0.717, 1.165) is 20.9 Å². The van der Waals surface area contributed by atoms with Gasteiger partial charge in [0.2, 0.25) is 17.8 Å². The van der Waals surface area contributed by atoms with Gasteiger partial charge in [-0.3, -0.25) is 9.59 Å². The molecule has 0 radical (unpaired) electrons. The third kappa shape index (κ3) is 7.04. The Kier molecular flexibility index (Phi) is 9.07. The molecule has 4 aromatic rings. The summed E-state index contributed by atoms with van der Waals surface area (Å²) in [4.78, 5) is 59.3. The lowest BCUT2D eigenvalue weighted by Crippen LogP contribution is -2.36. The van der Waals surface area contributed by atoms with Gasteiger partial charge in [0.05, 0.1) is 53.5 Å². The topological polar surface area (TPSA) is 152 Å². The number of thiophene rings is 1. The zero-order valence-corrected chi connectivity index (χ0v) is 25.2. The maximum absolute atomic E-state index is 12.0. The molecule has 5 rings (SSSR count). The highest BCUT2D eigenvalue weighted by Gasteiger charge is 2.22. The van der Waals surface area contributed by atoms with Gasteiger partial charge in [0.1, 0.15) is 0 Å². The van der Waals surface area contributed by atoms with Crippen LogP contribution in [-0.4, -0.2) is 77.7 Å². The quantitative estimate of drug-likeness (QED) is 0.269. The number of anilines is 4. The zero-order valence-electron chi connectivity index (χ0n) is 24.3. The van der Waals surface area contributed by atoms with Crippen molar-refractivity contribution < 1.29 is 23.9 Å². The monoisotopic (exact) mass is 604 g/mol. The van der Waals surface area contributed by atoms with Crippen molar-refractivity contribution in [1.29, 1.82) is 0 Å². The third-order valence-electron chi connectivity index (χ3n) is 6.50. The molecule has 13 nitrogen and oxygen atoms in total. The van der Waals surface area contributed by atoms with Crippen molar-refractivity contribution in [2.75, 3.05) is 60.4 Å². The van der Waals surface area contributed by atoms with Gasteiger partial charge in [-0.05, 0) is 31.2 Å². The maximum Gasteiger partial charge on any atom is 0.341 e. The van der Waals surface area contributed by atoms with Crippen LogP contribution >= 0.6 is 11.3 Å². The maximum atomic E-state index is 12.0. The summed E-state index contributed by atoms with van der Waals surface area (Å²) in [6.45, 7) is 7.93. The van der Waals surface area contributed by atoms with Crippen LogP contribution < -0.4 is 20.4 Å². The van der Waals surface area contributed by atoms with Gasteiger partial charge in [-0.25, -0.2) is 24.7 Å². The van der Waals surface area contributed by atoms with Crippen molar-refractivity contribution in [3.05, 3.63) is 47.1 Å². The van der Waals surface area contributed by atoms with Gasteiger partial charge in [0.25, 0.3) is 0 Å². The second-order valence-corrected chi connectivity index (χ2v) is 11.0. The fourth-order valence-electron chi connectivity index (χ4n) is 4.58. The van der Waals surface area contributed by atoms with E-state index in [1.54, 1.807) is 30.4 Å². The Balaban J connectivity index is 1.49. The number of esters is 1. The van der Waals surface area contributed by atoms with Gasteiger partial charge in [-0.1, -0.05) is 0 Å². The molecular formula is C29H32N8O5S. The molecule has 0 aliphatic carbocycles. The van der Waals surface area contributed by atoms with Crippen molar-refractivity contribution in [3.63, 3.8) is 0 Å². The molecule has 0 bridgehead atoms. The van der Waals surface area contributed by atoms with E-state index >= 15 is 0 Å². The molecule has 1 aliphatic heterocycles. The summed E-state index contributed by atoms with van der Waals surface area (Å²) in [5, 5.41) is 5.53. The van der Waals surface area contributed by atoms with Gasteiger partial charge in [0, 0.05) is 56.8 Å². The van der Waals surface area contributed by atoms with E-state index in [0.29, 0.717) is 67.1 Å². The average molecular weight is 605 g/mol. The fraction of sp³-hybridized carbons (Fsp3) is 0.345. The number of rotatable bonds is 9. The Morgan fingerprint density at radius 1 is 1.02 bits per heavy atom. The highest BCUT2D eigenvalue weighted by Crippen LogP contribution is 2.36. The fourth-order valence-corrected chi connectivity index (χ4v) is 5.74. The standard InChI is InChI=1S/C29H32N8O5S/c1-5-42-28(40)20-14-30-29(31-15-20)36(4)16-21-13-24-25(43-21)27(37-8-10-41-11-9-37)35-26(34-24)19-6-7-22(32-17(2)38)23(12-19)33-18(3)39/h6-7,12-15H,5,8-11,16H2,1-4H3,(H,32,38)(H,33,39). The van der Waals surface area contributed by atoms with Gasteiger partial charge < -0.3 is 29.9 Å². The summed E-state index contributed by atoms with van der Waals surface area (Å²) in [5.41, 5.74) is 2.71. The van der Waals surface area contributed by atoms with Crippen LogP contribution in [0.15, 0.2) is 36.7 Å². The summed E-state index contributed by atoms with van der Waals surface area (Å²) in [5.74, 6) is 0.799. The Hall–Kier alpha value is -4.69. The normalized spacial score (nSPS) is 13.1. The smallest absolute Gasteiger partial charge is 0.341 e. The first-order chi connectivity index (χ1) is 20.7. The number of nitrogens with zero attached hydrogens (tertiary/aromatic N) is 6. The molecule has 0 spiro atoms. The van der Waals surface area contributed by atoms with Crippen LogP contribution in [0.1, 0.15) is 36.0 Å². The van der Waals surface area contributed by atoms with E-state index in [2.05, 4.69) is 25.5 Å². The number of carbonyl (C=O) groups excluding carboxylic acids is 3. The molecule has 224 valence electrons. The zero-order chi connectivity index (χ0) is 30.5. The largest absolute Gasteiger partial charge is 0.462 e. The number of amides is 2. The summed E-state index contributed by atoms with van der Waals surface area (Å²) in [6, 6.07) is 7.33. The molecule has 0 atom stereocenters. The number of hydrogen-bond donors (Lipinski definition) is 2. The second-order valence-electron chi connectivity index (χ2n) is 9.87. The first-order valence-electron chi connectivity index (χ1n) is 13.7. The lowest BCUT2D eigenvalue weighted by atomic mass is 10.1. The number of morpholine rings is 1. The summed E-state index contributed by atoms with van der Waals surface area (Å²) < 4.78 is 11.5. The van der Waals surface area contributed by atoms with E-state index in [9.17, 15) is 14.4 Å². The third-order valence-corrected chi connectivity index (χ3v) is 7.60. The number of aromatic nitrogens is 4. The minimum atomic E-state index is -0.458. The molecule has 0 saturated carbocycles.